The van der Waals surface area contributed by atoms with Crippen LogP contribution < -0.4 is 21.5 Å². The number of nitrogens with one attached hydrogen (secondary N) is 2. The number of rotatable bonds is 8. The van der Waals surface area contributed by atoms with Crippen molar-refractivity contribution in [2.75, 3.05) is 36.4 Å². The first-order valence-corrected chi connectivity index (χ1v) is 12.2. The molecule has 0 radical (unpaired) electrons. The second-order valence-electron chi connectivity index (χ2n) is 8.90. The van der Waals surface area contributed by atoms with E-state index in [1.54, 1.807) is 0 Å². The summed E-state index contributed by atoms with van der Waals surface area (Å²) in [5.74, 6) is 0.418. The third kappa shape index (κ3) is 6.01. The molecule has 0 saturated carbocycles. The van der Waals surface area contributed by atoms with Crippen molar-refractivity contribution in [3.05, 3.63) is 86.6 Å². The lowest BCUT2D eigenvalue weighted by Gasteiger charge is -2.36. The maximum Gasteiger partial charge on any atom is 0.329 e. The molecule has 35 heavy (non-hydrogen) atoms. The van der Waals surface area contributed by atoms with Gasteiger partial charge in [0.2, 0.25) is 5.91 Å². The van der Waals surface area contributed by atoms with E-state index < -0.39 is 5.69 Å². The zero-order valence-corrected chi connectivity index (χ0v) is 20.4. The van der Waals surface area contributed by atoms with Crippen molar-refractivity contribution >= 4 is 23.1 Å². The largest absolute Gasteiger partial charge is 0.368 e. The van der Waals surface area contributed by atoms with E-state index in [-0.39, 0.29) is 18.0 Å². The summed E-state index contributed by atoms with van der Waals surface area (Å²) in [7, 11) is 0. The minimum Gasteiger partial charge on any atom is -0.368 e. The maximum absolute atomic E-state index is 12.7. The molecule has 3 aromatic rings. The number of amides is 1. The predicted molar refractivity (Wildman–Crippen MR) is 140 cm³/mol. The average molecular weight is 476 g/mol. The Kier molecular flexibility index (Phi) is 7.70. The molecule has 0 atom stereocenters. The molecule has 1 fully saturated rings. The minimum absolute atomic E-state index is 0.0616. The number of benzene rings is 2. The summed E-state index contributed by atoms with van der Waals surface area (Å²) in [5, 5.41) is 3.11. The van der Waals surface area contributed by atoms with Crippen LogP contribution >= 0.6 is 0 Å². The van der Waals surface area contributed by atoms with E-state index in [9.17, 15) is 14.4 Å². The molecule has 0 bridgehead atoms. The summed E-state index contributed by atoms with van der Waals surface area (Å²) in [4.78, 5) is 44.7. The summed E-state index contributed by atoms with van der Waals surface area (Å²) < 4.78 is 1.15. The second kappa shape index (κ2) is 11.1. The van der Waals surface area contributed by atoms with Crippen molar-refractivity contribution in [2.45, 2.75) is 39.7 Å². The van der Waals surface area contributed by atoms with E-state index in [1.807, 2.05) is 41.3 Å². The zero-order valence-electron chi connectivity index (χ0n) is 20.4. The lowest BCUT2D eigenvalue weighted by molar-refractivity contribution is -0.131. The predicted octanol–water partition coefficient (Wildman–Crippen LogP) is 3.28. The molecule has 2 aromatic carbocycles. The van der Waals surface area contributed by atoms with Crippen LogP contribution in [0.25, 0.3) is 0 Å². The van der Waals surface area contributed by atoms with E-state index in [1.165, 1.54) is 22.9 Å². The molecule has 8 heteroatoms. The Balaban J connectivity index is 1.29. The van der Waals surface area contributed by atoms with E-state index in [0.717, 1.165) is 29.8 Å². The highest BCUT2D eigenvalue weighted by molar-refractivity contribution is 5.76. The van der Waals surface area contributed by atoms with Crippen LogP contribution in [-0.4, -0.2) is 46.5 Å². The lowest BCUT2D eigenvalue weighted by Crippen LogP contribution is -2.48. The molecule has 1 saturated heterocycles. The van der Waals surface area contributed by atoms with Gasteiger partial charge in [-0.1, -0.05) is 31.2 Å². The monoisotopic (exact) mass is 475 g/mol. The molecule has 4 rings (SSSR count). The molecule has 1 amide bonds. The smallest absolute Gasteiger partial charge is 0.329 e. The van der Waals surface area contributed by atoms with Crippen molar-refractivity contribution in [3.63, 3.8) is 0 Å². The summed E-state index contributed by atoms with van der Waals surface area (Å²) in [5.41, 5.74) is 3.53. The molecule has 8 nitrogen and oxygen atoms in total. The van der Waals surface area contributed by atoms with Gasteiger partial charge in [-0.05, 0) is 55.2 Å². The van der Waals surface area contributed by atoms with Gasteiger partial charge in [0.15, 0.2) is 0 Å². The number of piperazine rings is 1. The number of hydrogen-bond acceptors (Lipinski definition) is 5. The quantitative estimate of drug-likeness (QED) is 0.522. The Bertz CT molecular complexity index is 1240. The SMILES string of the molecule is CCc1cc(Nc2cc(=O)n(CCCC(=O)N3CCN(c4ccccc4)CC3)c(=O)[nH]2)ccc1C. The topological polar surface area (TPSA) is 90.4 Å². The number of aromatic amines is 1. The van der Waals surface area contributed by atoms with Gasteiger partial charge in [-0.2, -0.15) is 0 Å². The van der Waals surface area contributed by atoms with Crippen LogP contribution in [0.5, 0.6) is 0 Å². The third-order valence-electron chi connectivity index (χ3n) is 6.56. The van der Waals surface area contributed by atoms with Gasteiger partial charge >= 0.3 is 5.69 Å². The summed E-state index contributed by atoms with van der Waals surface area (Å²) in [6.45, 7) is 7.29. The molecule has 0 aliphatic carbocycles. The van der Waals surface area contributed by atoms with Crippen molar-refractivity contribution in [1.82, 2.24) is 14.5 Å². The normalized spacial score (nSPS) is 13.7. The first-order chi connectivity index (χ1) is 16.9. The molecule has 0 spiro atoms. The van der Waals surface area contributed by atoms with E-state index in [0.29, 0.717) is 31.7 Å². The van der Waals surface area contributed by atoms with Gasteiger partial charge in [0.25, 0.3) is 5.56 Å². The first kappa shape index (κ1) is 24.3. The molecule has 2 N–H and O–H groups in total. The lowest BCUT2D eigenvalue weighted by atomic mass is 10.1. The van der Waals surface area contributed by atoms with Crippen LogP contribution in [0.1, 0.15) is 30.9 Å². The highest BCUT2D eigenvalue weighted by Crippen LogP contribution is 2.19. The fraction of sp³-hybridized carbons (Fsp3) is 0.370. The van der Waals surface area contributed by atoms with Crippen molar-refractivity contribution in [1.29, 1.82) is 0 Å². The maximum atomic E-state index is 12.7. The van der Waals surface area contributed by atoms with E-state index in [4.69, 9.17) is 0 Å². The van der Waals surface area contributed by atoms with Crippen molar-refractivity contribution in [3.8, 4) is 0 Å². The van der Waals surface area contributed by atoms with Crippen LogP contribution in [-0.2, 0) is 17.8 Å². The molecular formula is C27H33N5O3. The third-order valence-corrected chi connectivity index (χ3v) is 6.56. The Morgan fingerprint density at radius 2 is 1.74 bits per heavy atom. The highest BCUT2D eigenvalue weighted by atomic mass is 16.2. The number of anilines is 3. The number of nitrogens with zero attached hydrogens (tertiary/aromatic N) is 3. The van der Waals surface area contributed by atoms with Crippen LogP contribution in [0.2, 0.25) is 0 Å². The van der Waals surface area contributed by atoms with Gasteiger partial charge in [0, 0.05) is 56.6 Å². The van der Waals surface area contributed by atoms with Gasteiger partial charge in [0.1, 0.15) is 5.82 Å². The van der Waals surface area contributed by atoms with Gasteiger partial charge in [-0.3, -0.25) is 19.1 Å². The minimum atomic E-state index is -0.480. The molecule has 1 aliphatic heterocycles. The summed E-state index contributed by atoms with van der Waals surface area (Å²) in [6.07, 6.45) is 1.65. The second-order valence-corrected chi connectivity index (χ2v) is 8.90. The van der Waals surface area contributed by atoms with E-state index in [2.05, 4.69) is 41.2 Å². The van der Waals surface area contributed by atoms with Crippen LogP contribution in [0.3, 0.4) is 0 Å². The standard InChI is InChI=1S/C27H33N5O3/c1-3-21-18-22(12-11-20(21)2)28-24-19-26(34)32(27(35)29-24)13-7-10-25(33)31-16-14-30(15-17-31)23-8-5-4-6-9-23/h4-6,8-9,11-12,18-19,28H,3,7,10,13-17H2,1-2H3,(H,29,35). The van der Waals surface area contributed by atoms with Gasteiger partial charge in [-0.15, -0.1) is 0 Å². The van der Waals surface area contributed by atoms with Crippen LogP contribution in [0, 0.1) is 6.92 Å². The van der Waals surface area contributed by atoms with Gasteiger partial charge < -0.3 is 15.1 Å². The van der Waals surface area contributed by atoms with Gasteiger partial charge in [-0.25, -0.2) is 4.79 Å². The van der Waals surface area contributed by atoms with E-state index >= 15 is 0 Å². The number of aryl methyl sites for hydroxylation is 2. The molecule has 1 aliphatic rings. The Labute approximate surface area is 205 Å². The number of aromatic nitrogens is 2. The molecule has 1 aromatic heterocycles. The molecule has 0 unspecified atom stereocenters. The first-order valence-electron chi connectivity index (χ1n) is 12.2. The Morgan fingerprint density at radius 3 is 2.43 bits per heavy atom. The van der Waals surface area contributed by atoms with Gasteiger partial charge in [0.05, 0.1) is 0 Å². The van der Waals surface area contributed by atoms with Crippen molar-refractivity contribution in [2.24, 2.45) is 0 Å². The highest BCUT2D eigenvalue weighted by Gasteiger charge is 2.21. The summed E-state index contributed by atoms with van der Waals surface area (Å²) in [6, 6.07) is 17.5. The average Bonchev–Trinajstić information content (AvgIpc) is 2.87. The van der Waals surface area contributed by atoms with Crippen LogP contribution in [0.15, 0.2) is 64.2 Å². The number of carbonyl (C=O) groups excluding carboxylic acids is 1. The summed E-state index contributed by atoms with van der Waals surface area (Å²) >= 11 is 0. The van der Waals surface area contributed by atoms with Crippen LogP contribution in [0.4, 0.5) is 17.2 Å². The number of para-hydroxylation sites is 1. The van der Waals surface area contributed by atoms with Crippen molar-refractivity contribution < 1.29 is 4.79 Å². The molecule has 2 heterocycles. The molecular weight excluding hydrogens is 442 g/mol. The Hall–Kier alpha value is -3.81. The number of hydrogen-bond donors (Lipinski definition) is 2. The fourth-order valence-electron chi connectivity index (χ4n) is 4.48. The molecule has 184 valence electrons. The number of H-pyrrole nitrogens is 1. The Morgan fingerprint density at radius 1 is 1.00 bits per heavy atom. The fourth-order valence-corrected chi connectivity index (χ4v) is 4.48. The number of carbonyl (C=O) groups is 1. The zero-order chi connectivity index (χ0) is 24.8.